The lowest BCUT2D eigenvalue weighted by Crippen LogP contribution is -2.13. The first-order valence-corrected chi connectivity index (χ1v) is 7.75. The lowest BCUT2D eigenvalue weighted by molar-refractivity contribution is -0.116. The van der Waals surface area contributed by atoms with Gasteiger partial charge in [0.1, 0.15) is 11.5 Å². The van der Waals surface area contributed by atoms with Gasteiger partial charge in [0.05, 0.1) is 24.9 Å². The lowest BCUT2D eigenvalue weighted by atomic mass is 10.1. The van der Waals surface area contributed by atoms with E-state index >= 15 is 0 Å². The van der Waals surface area contributed by atoms with Gasteiger partial charge >= 0.3 is 0 Å². The Morgan fingerprint density at radius 1 is 1.04 bits per heavy atom. The van der Waals surface area contributed by atoms with Gasteiger partial charge in [0.15, 0.2) is 0 Å². The fourth-order valence-corrected chi connectivity index (χ4v) is 2.58. The van der Waals surface area contributed by atoms with Crippen LogP contribution in [-0.4, -0.2) is 20.1 Å². The Labute approximate surface area is 145 Å². The number of methoxy groups -OCH3 is 2. The van der Waals surface area contributed by atoms with E-state index in [-0.39, 0.29) is 5.91 Å². The number of halogens is 2. The third-order valence-electron chi connectivity index (χ3n) is 3.33. The lowest BCUT2D eigenvalue weighted by Gasteiger charge is -2.13. The predicted octanol–water partition coefficient (Wildman–Crippen LogP) is 4.58. The van der Waals surface area contributed by atoms with Crippen LogP contribution in [0.1, 0.15) is 12.0 Å². The molecule has 0 atom stereocenters. The van der Waals surface area contributed by atoms with Gasteiger partial charge in [-0.1, -0.05) is 41.4 Å². The number of hydrogen-bond acceptors (Lipinski definition) is 3. The Kier molecular flexibility index (Phi) is 6.13. The summed E-state index contributed by atoms with van der Waals surface area (Å²) in [5.74, 6) is 0.795. The molecule has 0 fully saturated rings. The molecule has 0 saturated heterocycles. The minimum Gasteiger partial charge on any atom is -0.495 e. The summed E-state index contributed by atoms with van der Waals surface area (Å²) in [6.07, 6.45) is 0.858. The SMILES string of the molecule is COc1cc(NC(=O)CCc2ccccc2Cl)c(OC)cc1Cl. The fraction of sp³-hybridized carbons (Fsp3) is 0.235. The van der Waals surface area contributed by atoms with E-state index in [0.29, 0.717) is 40.1 Å². The number of hydrogen-bond donors (Lipinski definition) is 1. The summed E-state index contributed by atoms with van der Waals surface area (Å²) >= 11 is 12.1. The maximum Gasteiger partial charge on any atom is 0.224 e. The van der Waals surface area contributed by atoms with E-state index in [1.807, 2.05) is 24.3 Å². The zero-order valence-electron chi connectivity index (χ0n) is 12.9. The second kappa shape index (κ2) is 8.09. The Morgan fingerprint density at radius 2 is 1.74 bits per heavy atom. The van der Waals surface area contributed by atoms with E-state index in [2.05, 4.69) is 5.32 Å². The van der Waals surface area contributed by atoms with Crippen LogP contribution in [0.4, 0.5) is 5.69 Å². The van der Waals surface area contributed by atoms with Crippen LogP contribution < -0.4 is 14.8 Å². The van der Waals surface area contributed by atoms with Gasteiger partial charge in [0.25, 0.3) is 0 Å². The number of amides is 1. The fourth-order valence-electron chi connectivity index (χ4n) is 2.12. The highest BCUT2D eigenvalue weighted by molar-refractivity contribution is 6.32. The van der Waals surface area contributed by atoms with Gasteiger partial charge in [-0.3, -0.25) is 4.79 Å². The van der Waals surface area contributed by atoms with Gasteiger partial charge in [-0.05, 0) is 18.1 Å². The molecular weight excluding hydrogens is 337 g/mol. The zero-order valence-corrected chi connectivity index (χ0v) is 14.4. The van der Waals surface area contributed by atoms with Crippen molar-refractivity contribution >= 4 is 34.8 Å². The Morgan fingerprint density at radius 3 is 2.39 bits per heavy atom. The first kappa shape index (κ1) is 17.4. The van der Waals surface area contributed by atoms with Crippen LogP contribution in [0.25, 0.3) is 0 Å². The highest BCUT2D eigenvalue weighted by Gasteiger charge is 2.13. The third kappa shape index (κ3) is 4.53. The predicted molar refractivity (Wildman–Crippen MR) is 93.0 cm³/mol. The standard InChI is InChI=1S/C17H17Cl2NO3/c1-22-15-10-14(16(23-2)9-13(15)19)20-17(21)8-7-11-5-3-4-6-12(11)18/h3-6,9-10H,7-8H2,1-2H3,(H,20,21). The molecule has 122 valence electrons. The van der Waals surface area contributed by atoms with Gasteiger partial charge < -0.3 is 14.8 Å². The van der Waals surface area contributed by atoms with Crippen molar-refractivity contribution in [3.8, 4) is 11.5 Å². The average Bonchev–Trinajstić information content (AvgIpc) is 2.55. The van der Waals surface area contributed by atoms with Crippen LogP contribution in [0, 0.1) is 0 Å². The molecule has 0 bridgehead atoms. The largest absolute Gasteiger partial charge is 0.495 e. The highest BCUT2D eigenvalue weighted by atomic mass is 35.5. The van der Waals surface area contributed by atoms with Crippen molar-refractivity contribution in [1.82, 2.24) is 0 Å². The number of benzene rings is 2. The van der Waals surface area contributed by atoms with Gasteiger partial charge in [-0.25, -0.2) is 0 Å². The van der Waals surface area contributed by atoms with Crippen molar-refractivity contribution in [1.29, 1.82) is 0 Å². The maximum atomic E-state index is 12.2. The minimum atomic E-state index is -0.146. The van der Waals surface area contributed by atoms with Crippen LogP contribution in [0.5, 0.6) is 11.5 Å². The molecule has 0 radical (unpaired) electrons. The number of rotatable bonds is 6. The molecule has 0 aromatic heterocycles. The summed E-state index contributed by atoms with van der Waals surface area (Å²) in [6.45, 7) is 0. The Bertz CT molecular complexity index is 704. The van der Waals surface area contributed by atoms with Crippen molar-refractivity contribution in [2.24, 2.45) is 0 Å². The van der Waals surface area contributed by atoms with Crippen molar-refractivity contribution < 1.29 is 14.3 Å². The molecule has 4 nitrogen and oxygen atoms in total. The van der Waals surface area contributed by atoms with Crippen LogP contribution in [-0.2, 0) is 11.2 Å². The van der Waals surface area contributed by atoms with Gasteiger partial charge in [-0.15, -0.1) is 0 Å². The van der Waals surface area contributed by atoms with Crippen molar-refractivity contribution in [3.05, 3.63) is 52.0 Å². The molecule has 6 heteroatoms. The van der Waals surface area contributed by atoms with Crippen LogP contribution in [0.15, 0.2) is 36.4 Å². The summed E-state index contributed by atoms with van der Waals surface area (Å²) in [4.78, 5) is 12.2. The van der Waals surface area contributed by atoms with Crippen LogP contribution in [0.2, 0.25) is 10.0 Å². The van der Waals surface area contributed by atoms with Crippen molar-refractivity contribution in [3.63, 3.8) is 0 Å². The first-order chi connectivity index (χ1) is 11.0. The molecule has 0 aliphatic carbocycles. The summed E-state index contributed by atoms with van der Waals surface area (Å²) in [6, 6.07) is 10.7. The number of carbonyl (C=O) groups is 1. The van der Waals surface area contributed by atoms with E-state index in [4.69, 9.17) is 32.7 Å². The second-order valence-electron chi connectivity index (χ2n) is 4.83. The molecule has 1 amide bonds. The van der Waals surface area contributed by atoms with Gasteiger partial charge in [0, 0.05) is 23.6 Å². The molecule has 2 rings (SSSR count). The normalized spacial score (nSPS) is 10.3. The topological polar surface area (TPSA) is 47.6 Å². The van der Waals surface area contributed by atoms with E-state index in [1.165, 1.54) is 14.2 Å². The molecule has 0 aliphatic heterocycles. The quantitative estimate of drug-likeness (QED) is 0.826. The van der Waals surface area contributed by atoms with Crippen LogP contribution in [0.3, 0.4) is 0 Å². The van der Waals surface area contributed by atoms with E-state index in [0.717, 1.165) is 5.56 Å². The summed E-state index contributed by atoms with van der Waals surface area (Å²) in [5.41, 5.74) is 1.45. The average molecular weight is 354 g/mol. The van der Waals surface area contributed by atoms with Crippen molar-refractivity contribution in [2.45, 2.75) is 12.8 Å². The van der Waals surface area contributed by atoms with Crippen molar-refractivity contribution in [2.75, 3.05) is 19.5 Å². The molecule has 1 N–H and O–H groups in total. The Balaban J connectivity index is 2.06. The smallest absolute Gasteiger partial charge is 0.224 e. The van der Waals surface area contributed by atoms with E-state index in [1.54, 1.807) is 12.1 Å². The highest BCUT2D eigenvalue weighted by Crippen LogP contribution is 2.35. The molecule has 23 heavy (non-hydrogen) atoms. The number of carbonyl (C=O) groups excluding carboxylic acids is 1. The van der Waals surface area contributed by atoms with Gasteiger partial charge in [0.2, 0.25) is 5.91 Å². The summed E-state index contributed by atoms with van der Waals surface area (Å²) in [7, 11) is 3.02. The summed E-state index contributed by atoms with van der Waals surface area (Å²) < 4.78 is 10.4. The minimum absolute atomic E-state index is 0.146. The zero-order chi connectivity index (χ0) is 16.8. The monoisotopic (exact) mass is 353 g/mol. The first-order valence-electron chi connectivity index (χ1n) is 7.00. The summed E-state index contributed by atoms with van der Waals surface area (Å²) in [5, 5.41) is 3.88. The maximum absolute atomic E-state index is 12.2. The van der Waals surface area contributed by atoms with E-state index in [9.17, 15) is 4.79 Å². The number of nitrogens with one attached hydrogen (secondary N) is 1. The third-order valence-corrected chi connectivity index (χ3v) is 3.99. The molecule has 0 saturated carbocycles. The molecule has 2 aromatic carbocycles. The molecular formula is C17H17Cl2NO3. The molecule has 0 aliphatic rings. The molecule has 0 heterocycles. The van der Waals surface area contributed by atoms with E-state index < -0.39 is 0 Å². The number of ether oxygens (including phenoxy) is 2. The number of anilines is 1. The number of aryl methyl sites for hydroxylation is 1. The Hall–Kier alpha value is -1.91. The molecule has 0 unspecified atom stereocenters. The molecule has 2 aromatic rings. The van der Waals surface area contributed by atoms with Crippen LogP contribution >= 0.6 is 23.2 Å². The second-order valence-corrected chi connectivity index (χ2v) is 5.64. The van der Waals surface area contributed by atoms with Gasteiger partial charge in [-0.2, -0.15) is 0 Å². The molecule has 0 spiro atoms.